The molecule has 0 saturated carbocycles. The number of nitrogens with zero attached hydrogens (tertiary/aromatic N) is 1. The lowest BCUT2D eigenvalue weighted by Gasteiger charge is -2.30. The van der Waals surface area contributed by atoms with E-state index >= 15 is 0 Å². The summed E-state index contributed by atoms with van der Waals surface area (Å²) in [5, 5.41) is 0. The van der Waals surface area contributed by atoms with Crippen LogP contribution in [0.25, 0.3) is 0 Å². The van der Waals surface area contributed by atoms with Crippen LogP contribution in [0.15, 0.2) is 0 Å². The topological polar surface area (TPSA) is 57.2 Å². The third-order valence-corrected chi connectivity index (χ3v) is 5.06. The number of hydrogen-bond donors (Lipinski definition) is 0. The van der Waals surface area contributed by atoms with E-state index in [1.54, 1.807) is 0 Å². The first-order valence-electron chi connectivity index (χ1n) is 9.02. The second kappa shape index (κ2) is 12.3. The monoisotopic (exact) mass is 335 g/mol. The average Bonchev–Trinajstić information content (AvgIpc) is 2.41. The van der Waals surface area contributed by atoms with Crippen LogP contribution < -0.4 is 0 Å². The zero-order valence-corrected chi connectivity index (χ0v) is 15.8. The van der Waals surface area contributed by atoms with Crippen molar-refractivity contribution < 1.29 is 17.5 Å². The highest BCUT2D eigenvalue weighted by Gasteiger charge is 2.13. The van der Waals surface area contributed by atoms with Crippen LogP contribution in [0.1, 0.15) is 77.6 Å². The van der Waals surface area contributed by atoms with E-state index in [0.29, 0.717) is 6.42 Å². The van der Waals surface area contributed by atoms with Crippen LogP contribution in [-0.2, 0) is 10.1 Å². The maximum absolute atomic E-state index is 10.6. The Bertz CT molecular complexity index is 353. The van der Waals surface area contributed by atoms with Gasteiger partial charge in [-0.25, -0.2) is 8.42 Å². The minimum absolute atomic E-state index is 0.217. The Morgan fingerprint density at radius 2 is 1.14 bits per heavy atom. The van der Waals surface area contributed by atoms with Crippen molar-refractivity contribution in [3.63, 3.8) is 0 Å². The highest BCUT2D eigenvalue weighted by atomic mass is 32.2. The molecule has 0 spiro atoms. The van der Waals surface area contributed by atoms with E-state index in [0.717, 1.165) is 24.0 Å². The van der Waals surface area contributed by atoms with Gasteiger partial charge in [0, 0.05) is 5.75 Å². The normalized spacial score (nSPS) is 12.7. The van der Waals surface area contributed by atoms with Gasteiger partial charge >= 0.3 is 0 Å². The van der Waals surface area contributed by atoms with Crippen molar-refractivity contribution in [2.75, 3.05) is 32.9 Å². The molecule has 0 fully saturated rings. The van der Waals surface area contributed by atoms with E-state index in [-0.39, 0.29) is 5.75 Å². The molecule has 22 heavy (non-hydrogen) atoms. The fourth-order valence-corrected chi connectivity index (χ4v) is 3.34. The Labute approximate surface area is 138 Å². The summed E-state index contributed by atoms with van der Waals surface area (Å²) in [6.45, 7) is 4.34. The van der Waals surface area contributed by atoms with Crippen LogP contribution in [0.5, 0.6) is 0 Å². The van der Waals surface area contributed by atoms with Gasteiger partial charge in [0.05, 0.1) is 37.3 Å². The van der Waals surface area contributed by atoms with Crippen molar-refractivity contribution in [2.24, 2.45) is 0 Å². The molecule has 0 aromatic rings. The lowest BCUT2D eigenvalue weighted by Crippen LogP contribution is -2.41. The first-order valence-corrected chi connectivity index (χ1v) is 10.6. The summed E-state index contributed by atoms with van der Waals surface area (Å²) >= 11 is 0. The van der Waals surface area contributed by atoms with Crippen molar-refractivity contribution in [2.45, 2.75) is 77.6 Å². The number of rotatable bonds is 15. The van der Waals surface area contributed by atoms with Gasteiger partial charge in [-0.2, -0.15) is 0 Å². The van der Waals surface area contributed by atoms with E-state index in [4.69, 9.17) is 0 Å². The Kier molecular flexibility index (Phi) is 12.2. The molecule has 0 bridgehead atoms. The fraction of sp³-hybridized carbons (Fsp3) is 1.00. The third kappa shape index (κ3) is 16.2. The molecule has 0 heterocycles. The van der Waals surface area contributed by atoms with Gasteiger partial charge in [0.2, 0.25) is 0 Å². The summed E-state index contributed by atoms with van der Waals surface area (Å²) in [4.78, 5) is 0. The Morgan fingerprint density at radius 3 is 1.59 bits per heavy atom. The van der Waals surface area contributed by atoms with E-state index in [1.165, 1.54) is 57.8 Å². The van der Waals surface area contributed by atoms with Crippen LogP contribution in [0, 0.1) is 0 Å². The van der Waals surface area contributed by atoms with E-state index in [1.807, 2.05) is 0 Å². The Hall–Kier alpha value is -0.130. The molecule has 5 heteroatoms. The molecular formula is C17H37NO3S. The maximum atomic E-state index is 10.6. The van der Waals surface area contributed by atoms with Gasteiger partial charge in [-0.3, -0.25) is 0 Å². The highest BCUT2D eigenvalue weighted by molar-refractivity contribution is 7.85. The molecule has 134 valence electrons. The lowest BCUT2D eigenvalue weighted by molar-refractivity contribution is -0.890. The second-order valence-corrected chi connectivity index (χ2v) is 8.70. The predicted octanol–water partition coefficient (Wildman–Crippen LogP) is 3.92. The molecule has 0 saturated heterocycles. The summed E-state index contributed by atoms with van der Waals surface area (Å²) in [5.41, 5.74) is 0. The number of unbranched alkanes of at least 4 members (excludes halogenated alkanes) is 9. The fourth-order valence-electron chi connectivity index (χ4n) is 2.78. The maximum Gasteiger partial charge on any atom is 0.0945 e. The van der Waals surface area contributed by atoms with Crippen molar-refractivity contribution in [3.8, 4) is 0 Å². The molecule has 0 N–H and O–H groups in total. The second-order valence-electron chi connectivity index (χ2n) is 7.18. The minimum Gasteiger partial charge on any atom is -0.748 e. The minimum atomic E-state index is -4.03. The summed E-state index contributed by atoms with van der Waals surface area (Å²) in [6, 6.07) is 0. The molecule has 0 aliphatic carbocycles. The van der Waals surface area contributed by atoms with Gasteiger partial charge < -0.3 is 9.04 Å². The van der Waals surface area contributed by atoms with Gasteiger partial charge in [-0.05, 0) is 25.7 Å². The Morgan fingerprint density at radius 1 is 0.727 bits per heavy atom. The standard InChI is InChI=1S/C17H37NO3S/c1-4-5-6-7-8-9-10-11-12-15-18(2,3)16-13-14-17-22(19,20)21/h4-17H2,1-3H3. The first kappa shape index (κ1) is 21.9. The smallest absolute Gasteiger partial charge is 0.0945 e. The van der Waals surface area contributed by atoms with Crippen LogP contribution in [0.2, 0.25) is 0 Å². The van der Waals surface area contributed by atoms with Crippen LogP contribution in [0.4, 0.5) is 0 Å². The van der Waals surface area contributed by atoms with Crippen LogP contribution in [-0.4, -0.2) is 50.4 Å². The molecule has 0 amide bonds. The summed E-state index contributed by atoms with van der Waals surface area (Å²) in [5.74, 6) is -0.217. The molecular weight excluding hydrogens is 298 g/mol. The lowest BCUT2D eigenvalue weighted by atomic mass is 10.1. The van der Waals surface area contributed by atoms with Crippen molar-refractivity contribution >= 4 is 10.1 Å². The molecule has 0 aromatic carbocycles. The third-order valence-electron chi connectivity index (χ3n) is 4.27. The van der Waals surface area contributed by atoms with Crippen molar-refractivity contribution in [3.05, 3.63) is 0 Å². The Balaban J connectivity index is 3.47. The van der Waals surface area contributed by atoms with Gasteiger partial charge in [-0.15, -0.1) is 0 Å². The summed E-state index contributed by atoms with van der Waals surface area (Å²) in [7, 11) is 0.347. The molecule has 0 rings (SSSR count). The molecule has 0 atom stereocenters. The van der Waals surface area contributed by atoms with Crippen molar-refractivity contribution in [1.82, 2.24) is 0 Å². The molecule has 0 aliphatic heterocycles. The summed E-state index contributed by atoms with van der Waals surface area (Å²) < 4.78 is 32.6. The molecule has 0 radical (unpaired) electrons. The molecule has 0 unspecified atom stereocenters. The molecule has 4 nitrogen and oxygen atoms in total. The zero-order chi connectivity index (χ0) is 16.9. The zero-order valence-electron chi connectivity index (χ0n) is 15.0. The first-order chi connectivity index (χ1) is 10.3. The van der Waals surface area contributed by atoms with E-state index < -0.39 is 10.1 Å². The van der Waals surface area contributed by atoms with Gasteiger partial charge in [0.15, 0.2) is 0 Å². The quantitative estimate of drug-likeness (QED) is 0.259. The number of hydrogen-bond acceptors (Lipinski definition) is 3. The number of quaternary nitrogens is 1. The average molecular weight is 336 g/mol. The van der Waals surface area contributed by atoms with Gasteiger partial charge in [0.1, 0.15) is 0 Å². The van der Waals surface area contributed by atoms with E-state index in [9.17, 15) is 13.0 Å². The molecule has 0 aromatic heterocycles. The highest BCUT2D eigenvalue weighted by Crippen LogP contribution is 2.11. The summed E-state index contributed by atoms with van der Waals surface area (Å²) in [6.07, 6.45) is 13.4. The van der Waals surface area contributed by atoms with Gasteiger partial charge in [-0.1, -0.05) is 51.9 Å². The molecule has 0 aliphatic rings. The van der Waals surface area contributed by atoms with E-state index in [2.05, 4.69) is 21.0 Å². The van der Waals surface area contributed by atoms with Crippen molar-refractivity contribution in [1.29, 1.82) is 0 Å². The van der Waals surface area contributed by atoms with Gasteiger partial charge in [0.25, 0.3) is 0 Å². The van der Waals surface area contributed by atoms with Crippen LogP contribution in [0.3, 0.4) is 0 Å². The SMILES string of the molecule is CCCCCCCCCCC[N+](C)(C)CCCCS(=O)(=O)[O-]. The largest absolute Gasteiger partial charge is 0.748 e. The predicted molar refractivity (Wildman–Crippen MR) is 92.9 cm³/mol. The van der Waals surface area contributed by atoms with Crippen LogP contribution >= 0.6 is 0 Å².